The largest absolute Gasteiger partial charge is 0.445 e. The minimum absolute atomic E-state index is 0.231. The summed E-state index contributed by atoms with van der Waals surface area (Å²) in [7, 11) is 0. The van der Waals surface area contributed by atoms with Crippen molar-refractivity contribution < 1.29 is 9.53 Å². The zero-order valence-electron chi connectivity index (χ0n) is 12.9. The van der Waals surface area contributed by atoms with Crippen molar-refractivity contribution in [3.63, 3.8) is 0 Å². The van der Waals surface area contributed by atoms with Gasteiger partial charge in [-0.2, -0.15) is 5.26 Å². The van der Waals surface area contributed by atoms with Crippen LogP contribution < -0.4 is 5.32 Å². The molecule has 4 nitrogen and oxygen atoms in total. The third-order valence-electron chi connectivity index (χ3n) is 3.06. The molecule has 0 unspecified atom stereocenters. The Kier molecular flexibility index (Phi) is 6.71. The third-order valence-corrected chi connectivity index (χ3v) is 3.29. The lowest BCUT2D eigenvalue weighted by molar-refractivity contribution is 0.140. The number of halogens is 1. The second-order valence-corrected chi connectivity index (χ2v) is 5.28. The lowest BCUT2D eigenvalue weighted by Crippen LogP contribution is -2.24. The molecule has 0 heterocycles. The SMILES string of the molecule is N#Cc1cc(Cl)ccc1C#CCCNC(=O)OCc1ccccc1. The summed E-state index contributed by atoms with van der Waals surface area (Å²) in [6.07, 6.45) is -0.0293. The molecule has 0 radical (unpaired) electrons. The van der Waals surface area contributed by atoms with E-state index in [1.807, 2.05) is 30.3 Å². The smallest absolute Gasteiger partial charge is 0.407 e. The summed E-state index contributed by atoms with van der Waals surface area (Å²) in [5, 5.41) is 12.1. The van der Waals surface area contributed by atoms with Gasteiger partial charge in [0.2, 0.25) is 0 Å². The Balaban J connectivity index is 1.74. The number of nitrogens with one attached hydrogen (secondary N) is 1. The average Bonchev–Trinajstić information content (AvgIpc) is 2.61. The van der Waals surface area contributed by atoms with Gasteiger partial charge >= 0.3 is 6.09 Å². The normalized spacial score (nSPS) is 9.33. The van der Waals surface area contributed by atoms with Crippen LogP contribution in [0.4, 0.5) is 4.79 Å². The number of nitriles is 1. The number of alkyl carbamates (subject to hydrolysis) is 1. The molecule has 0 fully saturated rings. The molecule has 0 aliphatic carbocycles. The van der Waals surface area contributed by atoms with E-state index < -0.39 is 6.09 Å². The van der Waals surface area contributed by atoms with Gasteiger partial charge in [-0.1, -0.05) is 53.8 Å². The standard InChI is InChI=1S/C19H15ClN2O2/c20-18-10-9-16(17(12-18)13-21)8-4-5-11-22-19(23)24-14-15-6-2-1-3-7-15/h1-3,6-7,9-10,12H,5,11,14H2,(H,22,23). The first-order valence-electron chi connectivity index (χ1n) is 7.32. The fraction of sp³-hybridized carbons (Fsp3) is 0.158. The van der Waals surface area contributed by atoms with Crippen LogP contribution in [0, 0.1) is 23.2 Å². The zero-order chi connectivity index (χ0) is 17.2. The molecule has 0 bridgehead atoms. The van der Waals surface area contributed by atoms with E-state index >= 15 is 0 Å². The number of carbonyl (C=O) groups is 1. The first kappa shape index (κ1) is 17.4. The Morgan fingerprint density at radius 3 is 2.71 bits per heavy atom. The van der Waals surface area contributed by atoms with Crippen LogP contribution in [0.5, 0.6) is 0 Å². The van der Waals surface area contributed by atoms with Gasteiger partial charge in [0.1, 0.15) is 12.7 Å². The molecule has 0 aliphatic heterocycles. The van der Waals surface area contributed by atoms with Crippen LogP contribution in [-0.2, 0) is 11.3 Å². The van der Waals surface area contributed by atoms with E-state index in [0.29, 0.717) is 29.1 Å². The molecule has 0 aliphatic rings. The van der Waals surface area contributed by atoms with Crippen LogP contribution in [0.1, 0.15) is 23.1 Å². The minimum Gasteiger partial charge on any atom is -0.445 e. The molecule has 1 N–H and O–H groups in total. The number of rotatable bonds is 4. The lowest BCUT2D eigenvalue weighted by Gasteiger charge is -2.05. The maximum absolute atomic E-state index is 11.5. The molecule has 0 aromatic heterocycles. The van der Waals surface area contributed by atoms with Crippen LogP contribution in [0.15, 0.2) is 48.5 Å². The Hall–Kier alpha value is -2.95. The summed E-state index contributed by atoms with van der Waals surface area (Å²) in [5.74, 6) is 5.81. The molecule has 0 saturated carbocycles. The van der Waals surface area contributed by atoms with E-state index in [0.717, 1.165) is 5.56 Å². The van der Waals surface area contributed by atoms with Gasteiger partial charge in [0, 0.05) is 23.6 Å². The van der Waals surface area contributed by atoms with Crippen molar-refractivity contribution >= 4 is 17.7 Å². The van der Waals surface area contributed by atoms with Gasteiger partial charge in [-0.05, 0) is 23.8 Å². The Morgan fingerprint density at radius 1 is 1.17 bits per heavy atom. The monoisotopic (exact) mass is 338 g/mol. The lowest BCUT2D eigenvalue weighted by atomic mass is 10.1. The fourth-order valence-electron chi connectivity index (χ4n) is 1.88. The van der Waals surface area contributed by atoms with Crippen LogP contribution in [0.25, 0.3) is 0 Å². The van der Waals surface area contributed by atoms with Crippen molar-refractivity contribution in [3.05, 3.63) is 70.2 Å². The van der Waals surface area contributed by atoms with Gasteiger partial charge in [-0.15, -0.1) is 0 Å². The molecule has 0 saturated heterocycles. The van der Waals surface area contributed by atoms with E-state index in [2.05, 4.69) is 23.2 Å². The Bertz CT molecular complexity index is 802. The van der Waals surface area contributed by atoms with E-state index in [9.17, 15) is 4.79 Å². The van der Waals surface area contributed by atoms with Crippen LogP contribution in [0.2, 0.25) is 5.02 Å². The maximum Gasteiger partial charge on any atom is 0.407 e. The minimum atomic E-state index is -0.482. The molecule has 5 heteroatoms. The molecule has 2 rings (SSSR count). The number of amides is 1. The van der Waals surface area contributed by atoms with Gasteiger partial charge in [0.25, 0.3) is 0 Å². The summed E-state index contributed by atoms with van der Waals surface area (Å²) >= 11 is 5.83. The Morgan fingerprint density at radius 2 is 1.96 bits per heavy atom. The Labute approximate surface area is 146 Å². The molecule has 24 heavy (non-hydrogen) atoms. The summed E-state index contributed by atoms with van der Waals surface area (Å²) in [6.45, 7) is 0.602. The molecule has 2 aromatic rings. The summed E-state index contributed by atoms with van der Waals surface area (Å²) in [6, 6.07) is 16.5. The van der Waals surface area contributed by atoms with Gasteiger partial charge in [0.15, 0.2) is 0 Å². The van der Waals surface area contributed by atoms with E-state index in [1.165, 1.54) is 0 Å². The zero-order valence-corrected chi connectivity index (χ0v) is 13.6. The molecule has 120 valence electrons. The quantitative estimate of drug-likeness (QED) is 0.679. The number of hydrogen-bond acceptors (Lipinski definition) is 3. The fourth-order valence-corrected chi connectivity index (χ4v) is 2.05. The highest BCUT2D eigenvalue weighted by Crippen LogP contribution is 2.14. The van der Waals surface area contributed by atoms with Crippen molar-refractivity contribution in [1.82, 2.24) is 5.32 Å². The van der Waals surface area contributed by atoms with Crippen molar-refractivity contribution in [2.24, 2.45) is 0 Å². The molecule has 1 amide bonds. The van der Waals surface area contributed by atoms with Crippen LogP contribution >= 0.6 is 11.6 Å². The van der Waals surface area contributed by atoms with Crippen molar-refractivity contribution in [2.45, 2.75) is 13.0 Å². The number of nitrogens with zero attached hydrogens (tertiary/aromatic N) is 1. The summed E-state index contributed by atoms with van der Waals surface area (Å²) < 4.78 is 5.09. The van der Waals surface area contributed by atoms with Gasteiger partial charge in [0.05, 0.1) is 5.56 Å². The third kappa shape index (κ3) is 5.68. The predicted molar refractivity (Wildman–Crippen MR) is 92.3 cm³/mol. The van der Waals surface area contributed by atoms with E-state index in [1.54, 1.807) is 18.2 Å². The van der Waals surface area contributed by atoms with Gasteiger partial charge < -0.3 is 10.1 Å². The molecular weight excluding hydrogens is 324 g/mol. The van der Waals surface area contributed by atoms with Gasteiger partial charge in [-0.25, -0.2) is 4.79 Å². The highest BCUT2D eigenvalue weighted by Gasteiger charge is 2.01. The molecule has 0 atom stereocenters. The second kappa shape index (κ2) is 9.25. The maximum atomic E-state index is 11.5. The highest BCUT2D eigenvalue weighted by atomic mass is 35.5. The number of carbonyl (C=O) groups excluding carboxylic acids is 1. The van der Waals surface area contributed by atoms with Crippen LogP contribution in [-0.4, -0.2) is 12.6 Å². The topological polar surface area (TPSA) is 62.1 Å². The first-order valence-corrected chi connectivity index (χ1v) is 7.70. The second-order valence-electron chi connectivity index (χ2n) is 4.84. The average molecular weight is 339 g/mol. The van der Waals surface area contributed by atoms with Crippen LogP contribution in [0.3, 0.4) is 0 Å². The van der Waals surface area contributed by atoms with E-state index in [-0.39, 0.29) is 6.61 Å². The highest BCUT2D eigenvalue weighted by molar-refractivity contribution is 6.30. The molecule has 0 spiro atoms. The first-order chi connectivity index (χ1) is 11.7. The molecular formula is C19H15ClN2O2. The molecule has 2 aromatic carbocycles. The van der Waals surface area contributed by atoms with Crippen molar-refractivity contribution in [1.29, 1.82) is 5.26 Å². The summed E-state index contributed by atoms with van der Waals surface area (Å²) in [4.78, 5) is 11.5. The summed E-state index contributed by atoms with van der Waals surface area (Å²) in [5.41, 5.74) is 1.98. The van der Waals surface area contributed by atoms with Crippen molar-refractivity contribution in [2.75, 3.05) is 6.54 Å². The van der Waals surface area contributed by atoms with Crippen molar-refractivity contribution in [3.8, 4) is 17.9 Å². The number of hydrogen-bond donors (Lipinski definition) is 1. The van der Waals surface area contributed by atoms with E-state index in [4.69, 9.17) is 21.6 Å². The number of ether oxygens (including phenoxy) is 1. The van der Waals surface area contributed by atoms with Gasteiger partial charge in [-0.3, -0.25) is 0 Å². The number of benzene rings is 2. The predicted octanol–water partition coefficient (Wildman–Crippen LogP) is 3.88.